The Morgan fingerprint density at radius 1 is 1.22 bits per heavy atom. The molecule has 1 aliphatic rings. The number of fused-ring (bicyclic) bond motifs is 1. The fourth-order valence-corrected chi connectivity index (χ4v) is 2.81. The highest BCUT2D eigenvalue weighted by molar-refractivity contribution is 5.83. The van der Waals surface area contributed by atoms with Crippen molar-refractivity contribution in [3.8, 4) is 17.3 Å². The standard InChI is InChI=1S/C18H15F2N5O2/c1-26-15-6-5-11(9-22-15)25-16-14(8-12(10-23-16)27-18(19)20)24-17(25)13-4-2-3-7-21-13/h2-8,10,18,22H,9H2,1H3. The summed E-state index contributed by atoms with van der Waals surface area (Å²) in [6.07, 6.45) is 6.59. The molecule has 0 aromatic carbocycles. The van der Waals surface area contributed by atoms with Crippen LogP contribution in [-0.4, -0.2) is 39.8 Å². The second kappa shape index (κ2) is 7.02. The van der Waals surface area contributed by atoms with Crippen molar-refractivity contribution < 1.29 is 18.3 Å². The van der Waals surface area contributed by atoms with E-state index in [9.17, 15) is 8.78 Å². The largest absolute Gasteiger partial charge is 0.483 e. The fourth-order valence-electron chi connectivity index (χ4n) is 2.81. The van der Waals surface area contributed by atoms with Crippen molar-refractivity contribution in [3.05, 3.63) is 54.7 Å². The molecular weight excluding hydrogens is 356 g/mol. The first kappa shape index (κ1) is 17.0. The number of nitrogens with zero attached hydrogens (tertiary/aromatic N) is 4. The molecule has 1 aliphatic heterocycles. The number of halogens is 2. The molecule has 0 spiro atoms. The molecule has 0 aliphatic carbocycles. The number of allylic oxidation sites excluding steroid dienone is 2. The van der Waals surface area contributed by atoms with E-state index in [1.165, 1.54) is 12.3 Å². The van der Waals surface area contributed by atoms with E-state index in [2.05, 4.69) is 25.0 Å². The first-order valence-electron chi connectivity index (χ1n) is 8.09. The summed E-state index contributed by atoms with van der Waals surface area (Å²) in [6.45, 7) is -2.45. The van der Waals surface area contributed by atoms with Gasteiger partial charge in [0.1, 0.15) is 17.0 Å². The van der Waals surface area contributed by atoms with Gasteiger partial charge in [-0.25, -0.2) is 9.97 Å². The van der Waals surface area contributed by atoms with Crippen LogP contribution in [0.2, 0.25) is 0 Å². The highest BCUT2D eigenvalue weighted by Gasteiger charge is 2.20. The Kier molecular flexibility index (Phi) is 4.41. The van der Waals surface area contributed by atoms with E-state index < -0.39 is 6.61 Å². The van der Waals surface area contributed by atoms with Gasteiger partial charge < -0.3 is 14.8 Å². The number of dihydropyridines is 1. The monoisotopic (exact) mass is 371 g/mol. The van der Waals surface area contributed by atoms with Crippen LogP contribution in [0.25, 0.3) is 28.4 Å². The molecule has 3 aromatic rings. The van der Waals surface area contributed by atoms with Gasteiger partial charge in [-0.3, -0.25) is 9.55 Å². The number of pyridine rings is 2. The summed E-state index contributed by atoms with van der Waals surface area (Å²) >= 11 is 0. The third kappa shape index (κ3) is 3.31. The van der Waals surface area contributed by atoms with Crippen LogP contribution in [0, 0.1) is 0 Å². The van der Waals surface area contributed by atoms with Gasteiger partial charge >= 0.3 is 6.61 Å². The molecule has 4 rings (SSSR count). The van der Waals surface area contributed by atoms with Crippen LogP contribution in [-0.2, 0) is 4.74 Å². The summed E-state index contributed by atoms with van der Waals surface area (Å²) in [4.78, 5) is 13.2. The number of alkyl halides is 2. The van der Waals surface area contributed by atoms with Gasteiger partial charge in [0.2, 0.25) is 0 Å². The van der Waals surface area contributed by atoms with Crippen molar-refractivity contribution >= 4 is 16.9 Å². The average molecular weight is 371 g/mol. The summed E-state index contributed by atoms with van der Waals surface area (Å²) < 4.78 is 36.5. The normalized spacial score (nSPS) is 13.9. The molecule has 7 nitrogen and oxygen atoms in total. The third-order valence-electron chi connectivity index (χ3n) is 3.97. The second-order valence-corrected chi connectivity index (χ2v) is 5.62. The molecule has 27 heavy (non-hydrogen) atoms. The second-order valence-electron chi connectivity index (χ2n) is 5.62. The van der Waals surface area contributed by atoms with Crippen LogP contribution in [0.4, 0.5) is 8.78 Å². The molecule has 0 bridgehead atoms. The van der Waals surface area contributed by atoms with Gasteiger partial charge in [0.25, 0.3) is 0 Å². The van der Waals surface area contributed by atoms with Crippen molar-refractivity contribution in [2.75, 3.05) is 13.7 Å². The molecule has 0 fully saturated rings. The molecule has 0 atom stereocenters. The molecule has 1 N–H and O–H groups in total. The lowest BCUT2D eigenvalue weighted by atomic mass is 10.2. The molecular formula is C18H15F2N5O2. The van der Waals surface area contributed by atoms with Crippen LogP contribution in [0.1, 0.15) is 0 Å². The zero-order valence-electron chi connectivity index (χ0n) is 14.3. The van der Waals surface area contributed by atoms with E-state index in [1.54, 1.807) is 25.4 Å². The highest BCUT2D eigenvalue weighted by Crippen LogP contribution is 2.29. The van der Waals surface area contributed by atoms with E-state index in [0.717, 1.165) is 5.70 Å². The maximum absolute atomic E-state index is 12.5. The molecule has 0 saturated heterocycles. The number of rotatable bonds is 5. The van der Waals surface area contributed by atoms with Crippen molar-refractivity contribution in [1.29, 1.82) is 0 Å². The van der Waals surface area contributed by atoms with E-state index >= 15 is 0 Å². The Balaban J connectivity index is 1.89. The summed E-state index contributed by atoms with van der Waals surface area (Å²) in [6, 6.07) is 6.91. The summed E-state index contributed by atoms with van der Waals surface area (Å²) in [7, 11) is 1.58. The predicted molar refractivity (Wildman–Crippen MR) is 94.8 cm³/mol. The van der Waals surface area contributed by atoms with E-state index in [-0.39, 0.29) is 5.75 Å². The quantitative estimate of drug-likeness (QED) is 0.743. The molecule has 0 saturated carbocycles. The van der Waals surface area contributed by atoms with Gasteiger partial charge in [0.15, 0.2) is 17.4 Å². The number of hydrogen-bond acceptors (Lipinski definition) is 6. The topological polar surface area (TPSA) is 74.1 Å². The van der Waals surface area contributed by atoms with Crippen molar-refractivity contribution in [2.45, 2.75) is 6.61 Å². The van der Waals surface area contributed by atoms with Crippen molar-refractivity contribution in [2.24, 2.45) is 0 Å². The van der Waals surface area contributed by atoms with Gasteiger partial charge in [-0.05, 0) is 24.3 Å². The van der Waals surface area contributed by atoms with Gasteiger partial charge in [0, 0.05) is 18.0 Å². The predicted octanol–water partition coefficient (Wildman–Crippen LogP) is 3.03. The molecule has 138 valence electrons. The number of aromatic nitrogens is 4. The highest BCUT2D eigenvalue weighted by atomic mass is 19.3. The molecule has 3 aromatic heterocycles. The molecule has 0 amide bonds. The smallest absolute Gasteiger partial charge is 0.387 e. The number of imidazole rings is 1. The van der Waals surface area contributed by atoms with Crippen LogP contribution in [0.3, 0.4) is 0 Å². The first-order valence-corrected chi connectivity index (χ1v) is 8.09. The van der Waals surface area contributed by atoms with Crippen molar-refractivity contribution in [3.63, 3.8) is 0 Å². The number of ether oxygens (including phenoxy) is 2. The maximum atomic E-state index is 12.5. The molecule has 9 heteroatoms. The minimum Gasteiger partial charge on any atom is -0.483 e. The van der Waals surface area contributed by atoms with Gasteiger partial charge in [-0.2, -0.15) is 8.78 Å². The van der Waals surface area contributed by atoms with Gasteiger partial charge in [-0.15, -0.1) is 0 Å². The third-order valence-corrected chi connectivity index (χ3v) is 3.97. The Morgan fingerprint density at radius 3 is 2.78 bits per heavy atom. The lowest BCUT2D eigenvalue weighted by Crippen LogP contribution is -2.23. The van der Waals surface area contributed by atoms with Crippen LogP contribution in [0.5, 0.6) is 5.75 Å². The van der Waals surface area contributed by atoms with Gasteiger partial charge in [-0.1, -0.05) is 6.07 Å². The fraction of sp³-hybridized carbons (Fsp3) is 0.167. The average Bonchev–Trinajstić information content (AvgIpc) is 3.07. The van der Waals surface area contributed by atoms with E-state index in [4.69, 9.17) is 4.74 Å². The number of nitrogens with one attached hydrogen (secondary N) is 1. The maximum Gasteiger partial charge on any atom is 0.387 e. The van der Waals surface area contributed by atoms with Crippen molar-refractivity contribution in [1.82, 2.24) is 24.8 Å². The summed E-state index contributed by atoms with van der Waals surface area (Å²) in [5.41, 5.74) is 2.43. The minimum absolute atomic E-state index is 0.0490. The molecule has 0 unspecified atom stereocenters. The Bertz CT molecular complexity index is 1030. The van der Waals surface area contributed by atoms with Gasteiger partial charge in [0.05, 0.1) is 19.9 Å². The minimum atomic E-state index is -2.93. The van der Waals surface area contributed by atoms with Crippen LogP contribution < -0.4 is 10.1 Å². The lowest BCUT2D eigenvalue weighted by molar-refractivity contribution is -0.0499. The summed E-state index contributed by atoms with van der Waals surface area (Å²) in [5.74, 6) is 1.14. The van der Waals surface area contributed by atoms with Crippen LogP contribution in [0.15, 0.2) is 54.7 Å². The molecule has 4 heterocycles. The SMILES string of the molecule is COC1=CC=C(n2c(-c3ccccn3)nc3cc(OC(F)F)cnc32)CN1. The Morgan fingerprint density at radius 2 is 2.11 bits per heavy atom. The van der Waals surface area contributed by atoms with Crippen LogP contribution >= 0.6 is 0 Å². The lowest BCUT2D eigenvalue weighted by Gasteiger charge is -2.18. The summed E-state index contributed by atoms with van der Waals surface area (Å²) in [5, 5.41) is 3.14. The molecule has 0 radical (unpaired) electrons. The number of methoxy groups -OCH3 is 1. The first-order chi connectivity index (χ1) is 13.2. The Hall–Kier alpha value is -3.49. The zero-order chi connectivity index (χ0) is 18.8. The Labute approximate surface area is 153 Å². The van der Waals surface area contributed by atoms with E-state index in [1.807, 2.05) is 22.8 Å². The zero-order valence-corrected chi connectivity index (χ0v) is 14.3. The number of hydrogen-bond donors (Lipinski definition) is 1. The van der Waals surface area contributed by atoms with E-state index in [0.29, 0.717) is 35.1 Å².